The fourth-order valence-corrected chi connectivity index (χ4v) is 2.00. The lowest BCUT2D eigenvalue weighted by Gasteiger charge is -2.21. The third-order valence-corrected chi connectivity index (χ3v) is 2.65. The second-order valence-electron chi connectivity index (χ2n) is 3.11. The molecule has 1 aliphatic heterocycles. The van der Waals surface area contributed by atoms with E-state index >= 15 is 0 Å². The molecule has 2 unspecified atom stereocenters. The van der Waals surface area contributed by atoms with Crippen LogP contribution in [-0.4, -0.2) is 23.9 Å². The predicted octanol–water partition coefficient (Wildman–Crippen LogP) is 0.627. The highest BCUT2D eigenvalue weighted by atomic mass is 16.2. The van der Waals surface area contributed by atoms with Crippen molar-refractivity contribution >= 4 is 5.91 Å². The van der Waals surface area contributed by atoms with Gasteiger partial charge in [-0.25, -0.2) is 0 Å². The molecule has 9 heavy (non-hydrogen) atoms. The molecule has 2 nitrogen and oxygen atoms in total. The summed E-state index contributed by atoms with van der Waals surface area (Å²) in [6.07, 6.45) is 3.52. The number of hydrogen-bond acceptors (Lipinski definition) is 1. The molecule has 2 rings (SSSR count). The van der Waals surface area contributed by atoms with Crippen molar-refractivity contribution in [3.05, 3.63) is 0 Å². The minimum Gasteiger partial charge on any atom is -0.343 e. The van der Waals surface area contributed by atoms with Gasteiger partial charge >= 0.3 is 0 Å². The van der Waals surface area contributed by atoms with Crippen LogP contribution in [0.25, 0.3) is 0 Å². The molecule has 0 spiro atoms. The smallest absolute Gasteiger partial charge is 0.225 e. The minimum absolute atomic E-state index is 0.381. The molecule has 50 valence electrons. The first kappa shape index (κ1) is 5.27. The summed E-state index contributed by atoms with van der Waals surface area (Å²) in [4.78, 5) is 13.0. The largest absolute Gasteiger partial charge is 0.343 e. The molecule has 1 amide bonds. The zero-order chi connectivity index (χ0) is 6.43. The number of amides is 1. The SMILES string of the molecule is CN1C(=O)C2CCC1C2. The van der Waals surface area contributed by atoms with E-state index in [0.29, 0.717) is 17.9 Å². The molecule has 0 radical (unpaired) electrons. The van der Waals surface area contributed by atoms with E-state index in [9.17, 15) is 4.79 Å². The zero-order valence-electron chi connectivity index (χ0n) is 5.63. The Bertz CT molecular complexity index is 151. The lowest BCUT2D eigenvalue weighted by molar-refractivity contribution is -0.132. The highest BCUT2D eigenvalue weighted by Crippen LogP contribution is 2.36. The van der Waals surface area contributed by atoms with Gasteiger partial charge in [0, 0.05) is 19.0 Å². The van der Waals surface area contributed by atoms with Crippen LogP contribution in [-0.2, 0) is 4.79 Å². The van der Waals surface area contributed by atoms with Crippen LogP contribution >= 0.6 is 0 Å². The maximum absolute atomic E-state index is 11.1. The predicted molar refractivity (Wildman–Crippen MR) is 33.9 cm³/mol. The Morgan fingerprint density at radius 1 is 1.56 bits per heavy atom. The van der Waals surface area contributed by atoms with Gasteiger partial charge in [-0.05, 0) is 19.3 Å². The summed E-state index contributed by atoms with van der Waals surface area (Å²) >= 11 is 0. The van der Waals surface area contributed by atoms with Gasteiger partial charge in [0.15, 0.2) is 0 Å². The lowest BCUT2D eigenvalue weighted by atomic mass is 10.1. The summed E-state index contributed by atoms with van der Waals surface area (Å²) in [6.45, 7) is 0. The third-order valence-electron chi connectivity index (χ3n) is 2.65. The summed E-state index contributed by atoms with van der Waals surface area (Å²) in [5.41, 5.74) is 0. The van der Waals surface area contributed by atoms with E-state index in [1.54, 1.807) is 0 Å². The first-order chi connectivity index (χ1) is 4.29. The quantitative estimate of drug-likeness (QED) is 0.465. The van der Waals surface area contributed by atoms with Gasteiger partial charge in [0.1, 0.15) is 0 Å². The molecule has 1 saturated heterocycles. The first-order valence-electron chi connectivity index (χ1n) is 3.55. The van der Waals surface area contributed by atoms with Crippen LogP contribution in [0.4, 0.5) is 0 Å². The van der Waals surface area contributed by atoms with Crippen LogP contribution in [0, 0.1) is 5.92 Å². The van der Waals surface area contributed by atoms with Gasteiger partial charge in [-0.2, -0.15) is 0 Å². The average molecular weight is 125 g/mol. The van der Waals surface area contributed by atoms with Crippen LogP contribution in [0.3, 0.4) is 0 Å². The lowest BCUT2D eigenvalue weighted by Crippen LogP contribution is -2.32. The van der Waals surface area contributed by atoms with E-state index in [4.69, 9.17) is 0 Å². The van der Waals surface area contributed by atoms with Gasteiger partial charge in [0.2, 0.25) is 5.91 Å². The van der Waals surface area contributed by atoms with Gasteiger partial charge in [-0.1, -0.05) is 0 Å². The molecule has 2 bridgehead atoms. The molecule has 1 saturated carbocycles. The van der Waals surface area contributed by atoms with Crippen LogP contribution in [0.5, 0.6) is 0 Å². The fraction of sp³-hybridized carbons (Fsp3) is 0.857. The molecule has 0 aromatic heterocycles. The number of fused-ring (bicyclic) bond motifs is 2. The molecular weight excluding hydrogens is 114 g/mol. The summed E-state index contributed by atoms with van der Waals surface area (Å²) in [5, 5.41) is 0. The van der Waals surface area contributed by atoms with Crippen LogP contribution < -0.4 is 0 Å². The normalized spacial score (nSPS) is 40.6. The monoisotopic (exact) mass is 125 g/mol. The average Bonchev–Trinajstić information content (AvgIpc) is 2.37. The third kappa shape index (κ3) is 0.533. The molecule has 2 heteroatoms. The number of nitrogens with zero attached hydrogens (tertiary/aromatic N) is 1. The van der Waals surface area contributed by atoms with E-state index in [2.05, 4.69) is 0 Å². The highest BCUT2D eigenvalue weighted by Gasteiger charge is 2.42. The van der Waals surface area contributed by atoms with Crippen molar-refractivity contribution in [2.24, 2.45) is 5.92 Å². The molecule has 0 aromatic carbocycles. The van der Waals surface area contributed by atoms with Gasteiger partial charge < -0.3 is 4.90 Å². The molecular formula is C7H11NO. The van der Waals surface area contributed by atoms with Crippen molar-refractivity contribution < 1.29 is 4.79 Å². The summed E-state index contributed by atoms with van der Waals surface area (Å²) < 4.78 is 0. The van der Waals surface area contributed by atoms with E-state index in [1.165, 1.54) is 6.42 Å². The Morgan fingerprint density at radius 3 is 2.67 bits per heavy atom. The number of likely N-dealkylation sites (tertiary alicyclic amines) is 1. The van der Waals surface area contributed by atoms with Crippen LogP contribution in [0.2, 0.25) is 0 Å². The maximum atomic E-state index is 11.1. The summed E-state index contributed by atoms with van der Waals surface area (Å²) in [5.74, 6) is 0.784. The van der Waals surface area contributed by atoms with Crippen molar-refractivity contribution in [1.82, 2.24) is 4.90 Å². The number of carbonyl (C=O) groups is 1. The Morgan fingerprint density at radius 2 is 2.33 bits per heavy atom. The second-order valence-corrected chi connectivity index (χ2v) is 3.11. The van der Waals surface area contributed by atoms with Gasteiger partial charge in [-0.3, -0.25) is 4.79 Å². The molecule has 2 aliphatic rings. The molecule has 2 atom stereocenters. The number of hydrogen-bond donors (Lipinski definition) is 0. The number of rotatable bonds is 0. The van der Waals surface area contributed by atoms with E-state index < -0.39 is 0 Å². The van der Waals surface area contributed by atoms with E-state index in [1.807, 2.05) is 11.9 Å². The Kier molecular flexibility index (Phi) is 0.875. The Labute approximate surface area is 54.8 Å². The first-order valence-corrected chi connectivity index (χ1v) is 3.55. The molecule has 1 heterocycles. The van der Waals surface area contributed by atoms with Crippen molar-refractivity contribution in [1.29, 1.82) is 0 Å². The molecule has 1 aliphatic carbocycles. The Balaban J connectivity index is 2.25. The highest BCUT2D eigenvalue weighted by molar-refractivity contribution is 5.82. The number of carbonyl (C=O) groups excluding carboxylic acids is 1. The minimum atomic E-state index is 0.381. The topological polar surface area (TPSA) is 20.3 Å². The van der Waals surface area contributed by atoms with Gasteiger partial charge in [0.05, 0.1) is 0 Å². The van der Waals surface area contributed by atoms with Crippen LogP contribution in [0.1, 0.15) is 19.3 Å². The van der Waals surface area contributed by atoms with Crippen molar-refractivity contribution in [2.75, 3.05) is 7.05 Å². The van der Waals surface area contributed by atoms with Crippen molar-refractivity contribution in [3.8, 4) is 0 Å². The molecule has 2 fully saturated rings. The van der Waals surface area contributed by atoms with Crippen molar-refractivity contribution in [2.45, 2.75) is 25.3 Å². The summed E-state index contributed by atoms with van der Waals surface area (Å²) in [6, 6.07) is 0.600. The van der Waals surface area contributed by atoms with E-state index in [0.717, 1.165) is 12.8 Å². The fourth-order valence-electron chi connectivity index (χ4n) is 2.00. The second kappa shape index (κ2) is 1.49. The van der Waals surface area contributed by atoms with Gasteiger partial charge in [0.25, 0.3) is 0 Å². The Hall–Kier alpha value is -0.530. The maximum Gasteiger partial charge on any atom is 0.225 e. The number of piperidine rings is 1. The zero-order valence-corrected chi connectivity index (χ0v) is 5.63. The molecule has 0 N–H and O–H groups in total. The van der Waals surface area contributed by atoms with Crippen LogP contribution in [0.15, 0.2) is 0 Å². The van der Waals surface area contributed by atoms with Gasteiger partial charge in [-0.15, -0.1) is 0 Å². The van der Waals surface area contributed by atoms with E-state index in [-0.39, 0.29) is 0 Å². The van der Waals surface area contributed by atoms with Crippen molar-refractivity contribution in [3.63, 3.8) is 0 Å². The summed E-state index contributed by atoms with van der Waals surface area (Å²) in [7, 11) is 1.92. The molecule has 0 aromatic rings. The standard InChI is InChI=1S/C7H11NO/c1-8-6-3-2-5(4-6)7(8)9/h5-6H,2-4H2,1H3.